The van der Waals surface area contributed by atoms with Crippen LogP contribution in [-0.4, -0.2) is 19.2 Å². The van der Waals surface area contributed by atoms with Crippen LogP contribution >= 0.6 is 15.9 Å². The van der Waals surface area contributed by atoms with E-state index < -0.39 is 11.9 Å². The first kappa shape index (κ1) is 26.1. The fraction of sp³-hybridized carbons (Fsp3) is 0.241. The van der Waals surface area contributed by atoms with Crippen LogP contribution in [0.1, 0.15) is 54.1 Å². The molecule has 7 nitrogen and oxygen atoms in total. The summed E-state index contributed by atoms with van der Waals surface area (Å²) in [6, 6.07) is 19.9. The summed E-state index contributed by atoms with van der Waals surface area (Å²) in [4.78, 5) is 12.7. The lowest BCUT2D eigenvalue weighted by molar-refractivity contribution is 0.0733. The predicted molar refractivity (Wildman–Crippen MR) is 143 cm³/mol. The van der Waals surface area contributed by atoms with Gasteiger partial charge in [0.1, 0.15) is 23.1 Å². The Morgan fingerprint density at radius 1 is 1.08 bits per heavy atom. The van der Waals surface area contributed by atoms with Gasteiger partial charge >= 0.3 is 5.97 Å². The van der Waals surface area contributed by atoms with Crippen molar-refractivity contribution in [2.45, 2.75) is 32.6 Å². The van der Waals surface area contributed by atoms with Gasteiger partial charge < -0.3 is 24.7 Å². The minimum Gasteiger partial charge on any atom is -0.490 e. The smallest absolute Gasteiger partial charge is 0.344 e. The van der Waals surface area contributed by atoms with E-state index in [9.17, 15) is 10.1 Å². The number of hydrogen-bond donors (Lipinski definition) is 1. The maximum absolute atomic E-state index is 12.7. The number of nitrogens with zero attached hydrogens (tertiary/aromatic N) is 1. The molecule has 0 aromatic heterocycles. The van der Waals surface area contributed by atoms with Gasteiger partial charge in [0.15, 0.2) is 11.5 Å². The largest absolute Gasteiger partial charge is 0.490 e. The normalized spacial score (nSPS) is 14.3. The Kier molecular flexibility index (Phi) is 8.36. The monoisotopic (exact) mass is 562 g/mol. The molecule has 1 atom stereocenters. The van der Waals surface area contributed by atoms with Gasteiger partial charge in [-0.25, -0.2) is 4.79 Å². The molecule has 0 amide bonds. The van der Waals surface area contributed by atoms with Crippen molar-refractivity contribution >= 4 is 21.9 Å². The van der Waals surface area contributed by atoms with Gasteiger partial charge in [-0.15, -0.1) is 0 Å². The van der Waals surface area contributed by atoms with Crippen molar-refractivity contribution < 1.29 is 23.7 Å². The van der Waals surface area contributed by atoms with Gasteiger partial charge in [-0.1, -0.05) is 37.6 Å². The number of rotatable bonds is 9. The standard InChI is InChI=1S/C29H27BrN2O5/c1-3-5-14-35-24-13-10-18(15-26(24)34-4-2)27-21-12-11-19(16-25(21)37-28(32)22(27)17-31)36-29(33)20-8-6-7-9-23(20)30/h6-13,15-16,27H,3-5,14,32H2,1-2H3. The molecule has 190 valence electrons. The van der Waals surface area contributed by atoms with Gasteiger partial charge in [0.2, 0.25) is 5.88 Å². The molecule has 1 heterocycles. The third-order valence-electron chi connectivity index (χ3n) is 5.85. The van der Waals surface area contributed by atoms with Crippen LogP contribution in [0.25, 0.3) is 0 Å². The number of unbranched alkanes of at least 4 members (excludes halogenated alkanes) is 1. The van der Waals surface area contributed by atoms with Crippen molar-refractivity contribution in [1.29, 1.82) is 5.26 Å². The Hall–Kier alpha value is -3.96. The highest BCUT2D eigenvalue weighted by molar-refractivity contribution is 9.10. The SMILES string of the molecule is CCCCOc1ccc(C2C(C#N)=C(N)Oc3cc(OC(=O)c4ccccc4Br)ccc32)cc1OCC. The van der Waals surface area contributed by atoms with E-state index >= 15 is 0 Å². The molecule has 0 fully saturated rings. The van der Waals surface area contributed by atoms with Gasteiger partial charge in [0.05, 0.1) is 24.7 Å². The highest BCUT2D eigenvalue weighted by Gasteiger charge is 2.32. The molecule has 4 rings (SSSR count). The van der Waals surface area contributed by atoms with E-state index in [0.717, 1.165) is 18.4 Å². The molecular weight excluding hydrogens is 536 g/mol. The van der Waals surface area contributed by atoms with Crippen molar-refractivity contribution in [2.24, 2.45) is 5.73 Å². The summed E-state index contributed by atoms with van der Waals surface area (Å²) in [5.41, 5.74) is 8.37. The van der Waals surface area contributed by atoms with Crippen molar-refractivity contribution in [2.75, 3.05) is 13.2 Å². The second-order valence-corrected chi connectivity index (χ2v) is 9.19. The second-order valence-electron chi connectivity index (χ2n) is 8.34. The van der Waals surface area contributed by atoms with Crippen LogP contribution in [0.15, 0.2) is 76.6 Å². The molecule has 0 aliphatic carbocycles. The van der Waals surface area contributed by atoms with Gasteiger partial charge in [-0.3, -0.25) is 0 Å². The quantitative estimate of drug-likeness (QED) is 0.181. The van der Waals surface area contributed by atoms with E-state index in [0.29, 0.717) is 51.8 Å². The molecule has 1 aliphatic heterocycles. The first-order valence-electron chi connectivity index (χ1n) is 12.0. The first-order chi connectivity index (χ1) is 18.0. The summed E-state index contributed by atoms with van der Waals surface area (Å²) in [5.74, 6) is 0.929. The molecule has 0 saturated heterocycles. The number of hydrogen-bond acceptors (Lipinski definition) is 7. The number of nitriles is 1. The minimum atomic E-state index is -0.513. The van der Waals surface area contributed by atoms with E-state index in [-0.39, 0.29) is 11.5 Å². The second kappa shape index (κ2) is 11.8. The lowest BCUT2D eigenvalue weighted by Crippen LogP contribution is -2.21. The van der Waals surface area contributed by atoms with Crippen molar-refractivity contribution in [3.8, 4) is 29.1 Å². The Morgan fingerprint density at radius 3 is 2.62 bits per heavy atom. The lowest BCUT2D eigenvalue weighted by atomic mass is 9.83. The Bertz CT molecular complexity index is 1380. The fourth-order valence-corrected chi connectivity index (χ4v) is 4.50. The number of carbonyl (C=O) groups excluding carboxylic acids is 1. The van der Waals surface area contributed by atoms with Gasteiger partial charge in [0, 0.05) is 16.1 Å². The van der Waals surface area contributed by atoms with Crippen molar-refractivity contribution in [3.63, 3.8) is 0 Å². The van der Waals surface area contributed by atoms with Gasteiger partial charge in [0.25, 0.3) is 0 Å². The Balaban J connectivity index is 1.68. The Morgan fingerprint density at radius 2 is 1.89 bits per heavy atom. The van der Waals surface area contributed by atoms with Crippen LogP contribution in [0, 0.1) is 11.3 Å². The van der Waals surface area contributed by atoms with E-state index in [1.807, 2.05) is 31.2 Å². The molecule has 37 heavy (non-hydrogen) atoms. The predicted octanol–water partition coefficient (Wildman–Crippen LogP) is 6.46. The van der Waals surface area contributed by atoms with E-state index in [1.54, 1.807) is 36.4 Å². The molecular formula is C29H27BrN2O5. The summed E-state index contributed by atoms with van der Waals surface area (Å²) < 4.78 is 23.8. The number of ether oxygens (including phenoxy) is 4. The zero-order valence-corrected chi connectivity index (χ0v) is 22.2. The van der Waals surface area contributed by atoms with E-state index in [2.05, 4.69) is 28.9 Å². The van der Waals surface area contributed by atoms with Crippen LogP contribution < -0.4 is 24.7 Å². The summed E-state index contributed by atoms with van der Waals surface area (Å²) in [7, 11) is 0. The maximum atomic E-state index is 12.7. The maximum Gasteiger partial charge on any atom is 0.344 e. The molecule has 0 radical (unpaired) electrons. The number of esters is 1. The number of benzene rings is 3. The molecule has 2 N–H and O–H groups in total. The lowest BCUT2D eigenvalue weighted by Gasteiger charge is -2.27. The van der Waals surface area contributed by atoms with Crippen molar-refractivity contribution in [1.82, 2.24) is 0 Å². The number of allylic oxidation sites excluding steroid dienone is 1. The topological polar surface area (TPSA) is 104 Å². The molecule has 0 saturated carbocycles. The third-order valence-corrected chi connectivity index (χ3v) is 6.54. The average molecular weight is 563 g/mol. The fourth-order valence-electron chi connectivity index (χ4n) is 4.05. The van der Waals surface area contributed by atoms with Crippen LogP contribution in [0.2, 0.25) is 0 Å². The van der Waals surface area contributed by atoms with Gasteiger partial charge in [-0.2, -0.15) is 5.26 Å². The first-order valence-corrected chi connectivity index (χ1v) is 12.8. The summed E-state index contributed by atoms with van der Waals surface area (Å²) in [6.45, 7) is 5.06. The molecule has 1 aliphatic rings. The molecule has 3 aromatic rings. The molecule has 0 spiro atoms. The minimum absolute atomic E-state index is 0.00416. The zero-order valence-electron chi connectivity index (χ0n) is 20.6. The highest BCUT2D eigenvalue weighted by Crippen LogP contribution is 2.45. The summed E-state index contributed by atoms with van der Waals surface area (Å²) in [6.07, 6.45) is 1.96. The van der Waals surface area contributed by atoms with Crippen LogP contribution in [-0.2, 0) is 0 Å². The number of fused-ring (bicyclic) bond motifs is 1. The van der Waals surface area contributed by atoms with E-state index in [4.69, 9.17) is 24.7 Å². The third kappa shape index (κ3) is 5.73. The molecule has 8 heteroatoms. The number of halogens is 1. The zero-order chi connectivity index (χ0) is 26.4. The van der Waals surface area contributed by atoms with Crippen LogP contribution in [0.5, 0.6) is 23.0 Å². The van der Waals surface area contributed by atoms with Crippen LogP contribution in [0.3, 0.4) is 0 Å². The molecule has 1 unspecified atom stereocenters. The summed E-state index contributed by atoms with van der Waals surface area (Å²) in [5, 5.41) is 9.92. The number of carbonyl (C=O) groups is 1. The molecule has 3 aromatic carbocycles. The average Bonchev–Trinajstić information content (AvgIpc) is 2.89. The summed E-state index contributed by atoms with van der Waals surface area (Å²) >= 11 is 3.37. The van der Waals surface area contributed by atoms with Gasteiger partial charge in [-0.05, 0) is 65.2 Å². The van der Waals surface area contributed by atoms with Crippen molar-refractivity contribution in [3.05, 3.63) is 93.3 Å². The molecule has 0 bridgehead atoms. The van der Waals surface area contributed by atoms with Crippen LogP contribution in [0.4, 0.5) is 0 Å². The number of nitrogens with two attached hydrogens (primary N) is 1. The van der Waals surface area contributed by atoms with E-state index in [1.165, 1.54) is 0 Å². The Labute approximate surface area is 224 Å². The highest BCUT2D eigenvalue weighted by atomic mass is 79.9.